The molecule has 0 saturated carbocycles. The van der Waals surface area contributed by atoms with Crippen LogP contribution < -0.4 is 14.9 Å². The van der Waals surface area contributed by atoms with Crippen molar-refractivity contribution in [3.8, 4) is 40.1 Å². The first-order valence-electron chi connectivity index (χ1n) is 13.4. The van der Waals surface area contributed by atoms with Gasteiger partial charge in [-0.05, 0) is 25.1 Å². The highest BCUT2D eigenvalue weighted by molar-refractivity contribution is 5.88. The molecule has 5 rings (SSSR count). The van der Waals surface area contributed by atoms with Crippen molar-refractivity contribution in [3.63, 3.8) is 0 Å². The Morgan fingerprint density at radius 2 is 1.48 bits per heavy atom. The van der Waals surface area contributed by atoms with Crippen LogP contribution in [0.3, 0.4) is 0 Å². The first-order valence-corrected chi connectivity index (χ1v) is 13.4. The minimum absolute atomic E-state index is 0.0594. The lowest BCUT2D eigenvalue weighted by molar-refractivity contribution is -0.318. The molecule has 16 nitrogen and oxygen atoms in total. The van der Waals surface area contributed by atoms with E-state index in [4.69, 9.17) is 28.1 Å². The molecule has 44 heavy (non-hydrogen) atoms. The average molecular weight is 625 g/mol. The molecule has 2 aliphatic rings. The largest absolute Gasteiger partial charge is 0.508 e. The average Bonchev–Trinajstić information content (AvgIpc) is 2.98. The monoisotopic (exact) mass is 624 g/mol. The Kier molecular flexibility index (Phi) is 8.90. The van der Waals surface area contributed by atoms with Crippen LogP contribution in [0.4, 0.5) is 0 Å². The molecule has 16 heteroatoms. The van der Waals surface area contributed by atoms with Crippen LogP contribution in [0.2, 0.25) is 0 Å². The second kappa shape index (κ2) is 12.4. The van der Waals surface area contributed by atoms with Crippen LogP contribution in [-0.4, -0.2) is 121 Å². The Morgan fingerprint density at radius 3 is 2.16 bits per heavy atom. The van der Waals surface area contributed by atoms with Crippen molar-refractivity contribution >= 4 is 11.0 Å². The molecule has 2 aromatic carbocycles. The number of aliphatic hydroxyl groups is 6. The molecule has 1 aromatic heterocycles. The third-order valence-electron chi connectivity index (χ3n) is 7.49. The summed E-state index contributed by atoms with van der Waals surface area (Å²) in [6, 6.07) is 5.88. The molecule has 2 saturated heterocycles. The fourth-order valence-corrected chi connectivity index (χ4v) is 5.01. The van der Waals surface area contributed by atoms with Gasteiger partial charge < -0.3 is 74.1 Å². The van der Waals surface area contributed by atoms with E-state index in [2.05, 4.69) is 0 Å². The third-order valence-corrected chi connectivity index (χ3v) is 7.49. The molecule has 2 fully saturated rings. The number of benzene rings is 2. The van der Waals surface area contributed by atoms with Gasteiger partial charge in [0, 0.05) is 17.7 Å². The molecule has 3 aromatic rings. The summed E-state index contributed by atoms with van der Waals surface area (Å²) in [5.41, 5.74) is -1.19. The highest BCUT2D eigenvalue weighted by atomic mass is 16.7. The van der Waals surface area contributed by atoms with Crippen molar-refractivity contribution in [2.24, 2.45) is 0 Å². The molecule has 0 amide bonds. The molecule has 0 bridgehead atoms. The number of phenolic OH excluding ortho intramolecular Hbond substituents is 3. The van der Waals surface area contributed by atoms with E-state index in [-0.39, 0.29) is 28.4 Å². The van der Waals surface area contributed by atoms with Gasteiger partial charge in [0.25, 0.3) is 0 Å². The second-order valence-corrected chi connectivity index (χ2v) is 10.5. The maximum Gasteiger partial charge on any atom is 0.239 e. The van der Waals surface area contributed by atoms with Crippen LogP contribution in [0.15, 0.2) is 39.5 Å². The number of ether oxygens (including phenoxy) is 5. The Labute approximate surface area is 248 Å². The quantitative estimate of drug-likeness (QED) is 0.147. The lowest BCUT2D eigenvalue weighted by atomic mass is 9.98. The highest BCUT2D eigenvalue weighted by Gasteiger charge is 2.47. The van der Waals surface area contributed by atoms with Gasteiger partial charge in [-0.25, -0.2) is 0 Å². The second-order valence-electron chi connectivity index (χ2n) is 10.5. The lowest BCUT2D eigenvalue weighted by Gasteiger charge is -2.42. The molecular formula is C28H32O16. The molecule has 240 valence electrons. The van der Waals surface area contributed by atoms with Crippen LogP contribution >= 0.6 is 0 Å². The van der Waals surface area contributed by atoms with Crippen molar-refractivity contribution in [1.82, 2.24) is 0 Å². The van der Waals surface area contributed by atoms with Gasteiger partial charge in [0.05, 0.1) is 19.8 Å². The van der Waals surface area contributed by atoms with Gasteiger partial charge in [0.1, 0.15) is 65.2 Å². The Balaban J connectivity index is 1.48. The van der Waals surface area contributed by atoms with Gasteiger partial charge in [0.15, 0.2) is 23.5 Å². The summed E-state index contributed by atoms with van der Waals surface area (Å²) < 4.78 is 33.1. The summed E-state index contributed by atoms with van der Waals surface area (Å²) in [5.74, 6) is -2.33. The molecule has 2 aliphatic heterocycles. The van der Waals surface area contributed by atoms with E-state index in [1.165, 1.54) is 32.2 Å². The van der Waals surface area contributed by atoms with Crippen LogP contribution in [0, 0.1) is 0 Å². The first-order chi connectivity index (χ1) is 20.8. The minimum Gasteiger partial charge on any atom is -0.508 e. The van der Waals surface area contributed by atoms with E-state index < -0.39 is 96.1 Å². The Morgan fingerprint density at radius 1 is 0.795 bits per heavy atom. The van der Waals surface area contributed by atoms with Crippen molar-refractivity contribution in [3.05, 3.63) is 40.6 Å². The van der Waals surface area contributed by atoms with E-state index in [0.29, 0.717) is 0 Å². The molecule has 0 unspecified atom stereocenters. The summed E-state index contributed by atoms with van der Waals surface area (Å²) in [6.45, 7) is 0.841. The van der Waals surface area contributed by atoms with Crippen LogP contribution in [0.5, 0.6) is 28.7 Å². The SMILES string of the molecule is COc1ccc(-c2oc3cc(O)cc(O)c3c(=O)c2O[C@H]2O[C@@H](CO[C@H]3O[C@H](C)[C@@H](O)[C@H](O)[C@@H]3O)[C@H](O)[C@@H](O)[C@@H]2O)cc1O. The summed E-state index contributed by atoms with van der Waals surface area (Å²) in [6.07, 6.45) is -16.0. The lowest BCUT2D eigenvalue weighted by Crippen LogP contribution is -2.61. The summed E-state index contributed by atoms with van der Waals surface area (Å²) >= 11 is 0. The van der Waals surface area contributed by atoms with Crippen LogP contribution in [-0.2, 0) is 14.2 Å². The van der Waals surface area contributed by atoms with Gasteiger partial charge in [-0.1, -0.05) is 0 Å². The van der Waals surface area contributed by atoms with Gasteiger partial charge in [0.2, 0.25) is 17.5 Å². The Bertz CT molecular complexity index is 1560. The predicted octanol–water partition coefficient (Wildman–Crippen LogP) is -1.38. The van der Waals surface area contributed by atoms with Crippen molar-refractivity contribution < 1.29 is 74.1 Å². The number of methoxy groups -OCH3 is 1. The van der Waals surface area contributed by atoms with E-state index >= 15 is 0 Å². The molecule has 10 atom stereocenters. The summed E-state index contributed by atoms with van der Waals surface area (Å²) in [4.78, 5) is 13.7. The van der Waals surface area contributed by atoms with E-state index in [1.54, 1.807) is 0 Å². The van der Waals surface area contributed by atoms with E-state index in [0.717, 1.165) is 12.1 Å². The zero-order chi connectivity index (χ0) is 32.0. The zero-order valence-corrected chi connectivity index (χ0v) is 23.3. The maximum absolute atomic E-state index is 13.7. The number of phenols is 3. The number of aliphatic hydroxyl groups excluding tert-OH is 6. The standard InChI is InChI=1S/C28H32O16/c1-9-18(32)21(35)23(37)27(41-9)40-8-16-19(33)22(36)24(38)28(43-16)44-26-20(34)17-13(31)6-11(29)7-15(17)42-25(26)10-3-4-14(39-2)12(30)5-10/h3-7,9,16,18-19,21-24,27-33,35-38H,8H2,1-2H3/t9-,16+,18-,19+,21+,22-,23+,24+,27+,28-/m1/s1. The van der Waals surface area contributed by atoms with Gasteiger partial charge in [-0.15, -0.1) is 0 Å². The fraction of sp³-hybridized carbons (Fsp3) is 0.464. The molecule has 9 N–H and O–H groups in total. The van der Waals surface area contributed by atoms with Crippen molar-refractivity contribution in [1.29, 1.82) is 0 Å². The molecule has 3 heterocycles. The summed E-state index contributed by atoms with van der Waals surface area (Å²) in [7, 11) is 1.32. The topological polar surface area (TPSA) is 258 Å². The van der Waals surface area contributed by atoms with E-state index in [9.17, 15) is 50.8 Å². The fourth-order valence-electron chi connectivity index (χ4n) is 5.01. The predicted molar refractivity (Wildman–Crippen MR) is 145 cm³/mol. The van der Waals surface area contributed by atoms with Crippen LogP contribution in [0.1, 0.15) is 6.92 Å². The minimum atomic E-state index is -1.95. The van der Waals surface area contributed by atoms with Crippen molar-refractivity contribution in [2.45, 2.75) is 68.3 Å². The molecule has 0 aliphatic carbocycles. The number of hydrogen-bond acceptors (Lipinski definition) is 16. The van der Waals surface area contributed by atoms with Crippen molar-refractivity contribution in [2.75, 3.05) is 13.7 Å². The molecule has 0 radical (unpaired) electrons. The number of aromatic hydroxyl groups is 3. The van der Waals surface area contributed by atoms with E-state index in [1.807, 2.05) is 0 Å². The van der Waals surface area contributed by atoms with Gasteiger partial charge in [-0.3, -0.25) is 4.79 Å². The number of hydrogen-bond donors (Lipinski definition) is 9. The smallest absolute Gasteiger partial charge is 0.239 e. The van der Waals surface area contributed by atoms with Gasteiger partial charge in [-0.2, -0.15) is 0 Å². The molecular weight excluding hydrogens is 592 g/mol. The summed E-state index contributed by atoms with van der Waals surface area (Å²) in [5, 5.41) is 92.3. The highest BCUT2D eigenvalue weighted by Crippen LogP contribution is 2.39. The zero-order valence-electron chi connectivity index (χ0n) is 23.3. The number of fused-ring (bicyclic) bond motifs is 1. The Hall–Kier alpha value is -3.71. The molecule has 0 spiro atoms. The van der Waals surface area contributed by atoms with Gasteiger partial charge >= 0.3 is 0 Å². The maximum atomic E-state index is 13.7. The van der Waals surface area contributed by atoms with Crippen LogP contribution in [0.25, 0.3) is 22.3 Å². The third kappa shape index (κ3) is 5.74. The first kappa shape index (κ1) is 31.7. The number of rotatable bonds is 7. The normalized spacial score (nSPS) is 32.5.